The molecule has 6 heteroatoms. The van der Waals surface area contributed by atoms with E-state index in [0.717, 1.165) is 23.6 Å². The number of hydrogen-bond donors (Lipinski definition) is 1. The van der Waals surface area contributed by atoms with Crippen molar-refractivity contribution in [2.45, 2.75) is 57.8 Å². The van der Waals surface area contributed by atoms with Gasteiger partial charge in [0, 0.05) is 12.6 Å². The Morgan fingerprint density at radius 1 is 1.20 bits per heavy atom. The summed E-state index contributed by atoms with van der Waals surface area (Å²) in [6.45, 7) is 4.98. The monoisotopic (exact) mass is 371 g/mol. The van der Waals surface area contributed by atoms with Crippen LogP contribution < -0.4 is 9.47 Å². The van der Waals surface area contributed by atoms with Crippen LogP contribution in [0, 0.1) is 0 Å². The topological polar surface area (TPSA) is 51.2 Å². The summed E-state index contributed by atoms with van der Waals surface area (Å²) in [6, 6.07) is 6.45. The molecule has 0 aromatic heterocycles. The van der Waals surface area contributed by atoms with Gasteiger partial charge in [0.05, 0.1) is 19.3 Å². The van der Waals surface area contributed by atoms with Gasteiger partial charge in [-0.2, -0.15) is 0 Å². The minimum atomic E-state index is -0.444. The molecule has 1 atom stereocenters. The number of hydrogen-bond acceptors (Lipinski definition) is 5. The molecule has 1 aliphatic heterocycles. The first-order valence-corrected chi connectivity index (χ1v) is 9.14. The van der Waals surface area contributed by atoms with Crippen molar-refractivity contribution < 1.29 is 19.3 Å². The molecule has 3 rings (SSSR count). The molecule has 1 aliphatic carbocycles. The third-order valence-electron chi connectivity index (χ3n) is 4.96. The van der Waals surface area contributed by atoms with Crippen molar-refractivity contribution in [2.75, 3.05) is 26.5 Å². The molecule has 0 bridgehead atoms. The van der Waals surface area contributed by atoms with Crippen molar-refractivity contribution in [3.8, 4) is 11.5 Å². The van der Waals surface area contributed by atoms with Gasteiger partial charge in [-0.05, 0) is 37.1 Å². The van der Waals surface area contributed by atoms with E-state index in [1.54, 1.807) is 0 Å². The fourth-order valence-electron chi connectivity index (χ4n) is 3.65. The number of ether oxygens (including phenoxy) is 3. The number of halogens is 1. The fourth-order valence-corrected chi connectivity index (χ4v) is 3.65. The Bertz CT molecular complexity index is 522. The van der Waals surface area contributed by atoms with Crippen LogP contribution >= 0.6 is 12.4 Å². The van der Waals surface area contributed by atoms with Gasteiger partial charge in [-0.15, -0.1) is 12.4 Å². The van der Waals surface area contributed by atoms with Crippen LogP contribution in [0.15, 0.2) is 18.2 Å². The Labute approximate surface area is 156 Å². The van der Waals surface area contributed by atoms with Gasteiger partial charge in [-0.3, -0.25) is 4.90 Å². The summed E-state index contributed by atoms with van der Waals surface area (Å²) in [5.74, 6) is 1.55. The number of benzene rings is 1. The maximum atomic E-state index is 10.3. The van der Waals surface area contributed by atoms with E-state index < -0.39 is 6.10 Å². The highest BCUT2D eigenvalue weighted by molar-refractivity contribution is 5.85. The lowest BCUT2D eigenvalue weighted by Crippen LogP contribution is -2.42. The van der Waals surface area contributed by atoms with Crippen molar-refractivity contribution in [3.05, 3.63) is 23.8 Å². The lowest BCUT2D eigenvalue weighted by atomic mass is 9.94. The molecule has 5 nitrogen and oxygen atoms in total. The van der Waals surface area contributed by atoms with Crippen LogP contribution in [0.25, 0.3) is 0 Å². The van der Waals surface area contributed by atoms with Crippen LogP contribution in [-0.4, -0.2) is 48.6 Å². The van der Waals surface area contributed by atoms with E-state index in [4.69, 9.17) is 14.2 Å². The molecule has 0 saturated heterocycles. The summed E-state index contributed by atoms with van der Waals surface area (Å²) in [4.78, 5) is 2.41. The summed E-state index contributed by atoms with van der Waals surface area (Å²) in [7, 11) is 0. The van der Waals surface area contributed by atoms with Gasteiger partial charge >= 0.3 is 0 Å². The van der Waals surface area contributed by atoms with E-state index in [1.165, 1.54) is 32.1 Å². The highest BCUT2D eigenvalue weighted by Crippen LogP contribution is 2.32. The highest BCUT2D eigenvalue weighted by Gasteiger charge is 2.22. The van der Waals surface area contributed by atoms with Crippen LogP contribution in [0.1, 0.15) is 44.6 Å². The first kappa shape index (κ1) is 20.3. The lowest BCUT2D eigenvalue weighted by Gasteiger charge is -2.34. The normalized spacial score (nSPS) is 18.2. The number of fused-ring (bicyclic) bond motifs is 1. The molecular weight excluding hydrogens is 342 g/mol. The van der Waals surface area contributed by atoms with E-state index in [0.29, 0.717) is 25.8 Å². The molecule has 2 aliphatic rings. The zero-order valence-corrected chi connectivity index (χ0v) is 15.8. The second-order valence-corrected chi connectivity index (χ2v) is 6.74. The van der Waals surface area contributed by atoms with Crippen molar-refractivity contribution in [1.29, 1.82) is 0 Å². The maximum Gasteiger partial charge on any atom is 0.231 e. The van der Waals surface area contributed by atoms with Gasteiger partial charge < -0.3 is 19.3 Å². The van der Waals surface area contributed by atoms with Gasteiger partial charge in [0.1, 0.15) is 0 Å². The minimum absolute atomic E-state index is 0. The molecular formula is C19H30ClNO4. The lowest BCUT2D eigenvalue weighted by molar-refractivity contribution is 0.0000239. The molecule has 25 heavy (non-hydrogen) atoms. The van der Waals surface area contributed by atoms with Gasteiger partial charge in [0.2, 0.25) is 6.79 Å². The SMILES string of the molecule is CCN(CC(O)COCc1ccc2c(c1)OCO2)C1CCCCC1.Cl. The molecule has 1 saturated carbocycles. The van der Waals surface area contributed by atoms with Crippen LogP contribution in [-0.2, 0) is 11.3 Å². The van der Waals surface area contributed by atoms with E-state index >= 15 is 0 Å². The molecule has 142 valence electrons. The zero-order valence-electron chi connectivity index (χ0n) is 15.0. The van der Waals surface area contributed by atoms with E-state index in [-0.39, 0.29) is 19.2 Å². The summed E-state index contributed by atoms with van der Waals surface area (Å²) < 4.78 is 16.4. The summed E-state index contributed by atoms with van der Waals surface area (Å²) in [5.41, 5.74) is 1.03. The Morgan fingerprint density at radius 3 is 2.72 bits per heavy atom. The predicted octanol–water partition coefficient (Wildman–Crippen LogP) is 3.37. The first-order chi connectivity index (χ1) is 11.8. The average molecular weight is 372 g/mol. The van der Waals surface area contributed by atoms with E-state index in [9.17, 15) is 5.11 Å². The molecule has 0 spiro atoms. The van der Waals surface area contributed by atoms with E-state index in [1.807, 2.05) is 18.2 Å². The van der Waals surface area contributed by atoms with Crippen molar-refractivity contribution >= 4 is 12.4 Å². The Kier molecular flexibility index (Phi) is 8.30. The summed E-state index contributed by atoms with van der Waals surface area (Å²) in [6.07, 6.45) is 6.07. The highest BCUT2D eigenvalue weighted by atomic mass is 35.5. The second-order valence-electron chi connectivity index (χ2n) is 6.74. The Morgan fingerprint density at radius 2 is 1.96 bits per heavy atom. The number of nitrogens with zero attached hydrogens (tertiary/aromatic N) is 1. The molecule has 1 fully saturated rings. The maximum absolute atomic E-state index is 10.3. The zero-order chi connectivity index (χ0) is 16.8. The Balaban J connectivity index is 0.00000225. The fraction of sp³-hybridized carbons (Fsp3) is 0.684. The second kappa shape index (κ2) is 10.2. The molecule has 1 unspecified atom stereocenters. The largest absolute Gasteiger partial charge is 0.454 e. The van der Waals surface area contributed by atoms with Gasteiger partial charge in [-0.25, -0.2) is 0 Å². The number of aliphatic hydroxyl groups is 1. The molecule has 1 N–H and O–H groups in total. The standard InChI is InChI=1S/C19H29NO4.ClH/c1-2-20(16-6-4-3-5-7-16)11-17(21)13-22-12-15-8-9-18-19(10-15)24-14-23-18;/h8-10,16-17,21H,2-7,11-14H2,1H3;1H. The van der Waals surface area contributed by atoms with Crippen molar-refractivity contribution in [1.82, 2.24) is 4.90 Å². The molecule has 1 aromatic rings. The summed E-state index contributed by atoms with van der Waals surface area (Å²) >= 11 is 0. The summed E-state index contributed by atoms with van der Waals surface area (Å²) in [5, 5.41) is 10.3. The smallest absolute Gasteiger partial charge is 0.231 e. The Hall–Kier alpha value is -1.01. The van der Waals surface area contributed by atoms with Crippen molar-refractivity contribution in [2.24, 2.45) is 0 Å². The molecule has 0 radical (unpaired) electrons. The first-order valence-electron chi connectivity index (χ1n) is 9.14. The van der Waals surface area contributed by atoms with Crippen LogP contribution in [0.4, 0.5) is 0 Å². The van der Waals surface area contributed by atoms with Crippen molar-refractivity contribution in [3.63, 3.8) is 0 Å². The van der Waals surface area contributed by atoms with Crippen LogP contribution in [0.3, 0.4) is 0 Å². The minimum Gasteiger partial charge on any atom is -0.454 e. The van der Waals surface area contributed by atoms with Crippen LogP contribution in [0.5, 0.6) is 11.5 Å². The number of likely N-dealkylation sites (N-methyl/N-ethyl adjacent to an activating group) is 1. The van der Waals surface area contributed by atoms with Gasteiger partial charge in [-0.1, -0.05) is 32.3 Å². The van der Waals surface area contributed by atoms with E-state index in [2.05, 4.69) is 11.8 Å². The predicted molar refractivity (Wildman–Crippen MR) is 99.6 cm³/mol. The average Bonchev–Trinajstić information content (AvgIpc) is 3.08. The van der Waals surface area contributed by atoms with Gasteiger partial charge in [0.15, 0.2) is 11.5 Å². The third-order valence-corrected chi connectivity index (χ3v) is 4.96. The number of rotatable bonds is 8. The number of aliphatic hydroxyl groups excluding tert-OH is 1. The molecule has 0 amide bonds. The molecule has 1 heterocycles. The quantitative estimate of drug-likeness (QED) is 0.759. The van der Waals surface area contributed by atoms with Crippen LogP contribution in [0.2, 0.25) is 0 Å². The van der Waals surface area contributed by atoms with Gasteiger partial charge in [0.25, 0.3) is 0 Å². The molecule has 1 aromatic carbocycles. The third kappa shape index (κ3) is 5.74.